The molecule has 0 aliphatic carbocycles. The predicted molar refractivity (Wildman–Crippen MR) is 135 cm³/mol. The summed E-state index contributed by atoms with van der Waals surface area (Å²) in [7, 11) is -1.63. The second-order valence-corrected chi connectivity index (χ2v) is 11.0. The minimum absolute atomic E-state index is 0.0728. The van der Waals surface area contributed by atoms with Crippen LogP contribution in [0.1, 0.15) is 29.2 Å². The summed E-state index contributed by atoms with van der Waals surface area (Å²) in [6.07, 6.45) is -4.72. The lowest BCUT2D eigenvalue weighted by atomic mass is 9.92. The quantitative estimate of drug-likeness (QED) is 0.394. The molecule has 0 amide bonds. The molecule has 2 unspecified atom stereocenters. The van der Waals surface area contributed by atoms with Gasteiger partial charge in [-0.1, -0.05) is 41.9 Å². The number of benzene rings is 3. The van der Waals surface area contributed by atoms with Crippen molar-refractivity contribution in [2.75, 3.05) is 14.2 Å². The molecule has 0 saturated carbocycles. The zero-order valence-electron chi connectivity index (χ0n) is 20.2. The monoisotopic (exact) mass is 570 g/mol. The standard InChI is InChI=1S/C26H23ClF4N2O4S/c1-33-23(24(34)11-15-6-8-21(28)20(27)10-15)14-22(32-38(33,35)36)18-5-3-4-16(12-18)17-7-9-25(37-2)19(13-17)26(29,30)31/h3-10,12-13,22-23,32H,11,14H2,1-2H3. The summed E-state index contributed by atoms with van der Waals surface area (Å²) in [6.45, 7) is 0. The van der Waals surface area contributed by atoms with E-state index in [-0.39, 0.29) is 29.2 Å². The molecule has 1 saturated heterocycles. The highest BCUT2D eigenvalue weighted by Gasteiger charge is 2.40. The van der Waals surface area contributed by atoms with Crippen LogP contribution in [0, 0.1) is 5.82 Å². The van der Waals surface area contributed by atoms with Crippen LogP contribution < -0.4 is 9.46 Å². The van der Waals surface area contributed by atoms with Gasteiger partial charge in [-0.05, 0) is 59.0 Å². The van der Waals surface area contributed by atoms with E-state index >= 15 is 0 Å². The van der Waals surface area contributed by atoms with E-state index in [1.54, 1.807) is 24.3 Å². The number of Topliss-reactive ketones (excluding diaryl/α,β-unsaturated/α-hetero) is 1. The number of ketones is 1. The number of hydrogen-bond acceptors (Lipinski definition) is 4. The number of carbonyl (C=O) groups excluding carboxylic acids is 1. The second kappa shape index (κ2) is 10.6. The average Bonchev–Trinajstić information content (AvgIpc) is 2.86. The van der Waals surface area contributed by atoms with Crippen LogP contribution in [0.25, 0.3) is 11.1 Å². The molecule has 2 atom stereocenters. The Kier molecular flexibility index (Phi) is 7.85. The van der Waals surface area contributed by atoms with Gasteiger partial charge < -0.3 is 4.74 Å². The highest BCUT2D eigenvalue weighted by Crippen LogP contribution is 2.39. The molecule has 0 bridgehead atoms. The lowest BCUT2D eigenvalue weighted by Crippen LogP contribution is -2.55. The van der Waals surface area contributed by atoms with E-state index in [9.17, 15) is 30.8 Å². The summed E-state index contributed by atoms with van der Waals surface area (Å²) in [5, 5.41) is -0.150. The van der Waals surface area contributed by atoms with Gasteiger partial charge in [-0.3, -0.25) is 4.79 Å². The topological polar surface area (TPSA) is 75.7 Å². The minimum Gasteiger partial charge on any atom is -0.496 e. The third kappa shape index (κ3) is 5.85. The summed E-state index contributed by atoms with van der Waals surface area (Å²) in [6, 6.07) is 12.1. The molecule has 202 valence electrons. The van der Waals surface area contributed by atoms with Crippen LogP contribution in [0.15, 0.2) is 60.7 Å². The van der Waals surface area contributed by atoms with Gasteiger partial charge in [0.2, 0.25) is 0 Å². The molecular weight excluding hydrogens is 548 g/mol. The van der Waals surface area contributed by atoms with Gasteiger partial charge in [0.15, 0.2) is 5.78 Å². The van der Waals surface area contributed by atoms with E-state index in [4.69, 9.17) is 16.3 Å². The summed E-state index contributed by atoms with van der Waals surface area (Å²) in [5.41, 5.74) is 0.666. The first-order chi connectivity index (χ1) is 17.8. The smallest absolute Gasteiger partial charge is 0.419 e. The molecule has 0 spiro atoms. The van der Waals surface area contributed by atoms with Crippen LogP contribution in [-0.4, -0.2) is 38.7 Å². The summed E-state index contributed by atoms with van der Waals surface area (Å²) in [4.78, 5) is 13.1. The molecule has 12 heteroatoms. The molecule has 38 heavy (non-hydrogen) atoms. The van der Waals surface area contributed by atoms with Crippen molar-refractivity contribution < 1.29 is 35.5 Å². The average molecular weight is 571 g/mol. The lowest BCUT2D eigenvalue weighted by Gasteiger charge is -2.36. The van der Waals surface area contributed by atoms with Gasteiger partial charge in [0.05, 0.1) is 23.7 Å². The zero-order valence-corrected chi connectivity index (χ0v) is 21.8. The van der Waals surface area contributed by atoms with Crippen molar-refractivity contribution >= 4 is 27.6 Å². The van der Waals surface area contributed by atoms with Crippen LogP contribution in [0.5, 0.6) is 5.75 Å². The zero-order chi connectivity index (χ0) is 27.8. The predicted octanol–water partition coefficient (Wildman–Crippen LogP) is 5.56. The highest BCUT2D eigenvalue weighted by atomic mass is 35.5. The fourth-order valence-electron chi connectivity index (χ4n) is 4.40. The molecule has 3 aromatic rings. The van der Waals surface area contributed by atoms with Crippen LogP contribution in [-0.2, 0) is 27.6 Å². The van der Waals surface area contributed by atoms with Crippen LogP contribution in [0.2, 0.25) is 5.02 Å². The van der Waals surface area contributed by atoms with Gasteiger partial charge in [0, 0.05) is 19.5 Å². The van der Waals surface area contributed by atoms with Crippen molar-refractivity contribution in [3.05, 3.63) is 88.2 Å². The summed E-state index contributed by atoms with van der Waals surface area (Å²) in [5.74, 6) is -1.36. The van der Waals surface area contributed by atoms with Crippen molar-refractivity contribution in [3.8, 4) is 16.9 Å². The van der Waals surface area contributed by atoms with Crippen LogP contribution in [0.4, 0.5) is 17.6 Å². The fourth-order valence-corrected chi connectivity index (χ4v) is 5.90. The Morgan fingerprint density at radius 2 is 1.82 bits per heavy atom. The number of ether oxygens (including phenoxy) is 1. The van der Waals surface area contributed by atoms with Gasteiger partial charge in [-0.25, -0.2) is 4.39 Å². The van der Waals surface area contributed by atoms with Crippen molar-refractivity contribution in [3.63, 3.8) is 0 Å². The number of likely N-dealkylation sites (N-methyl/N-ethyl adjacent to an activating group) is 1. The van der Waals surface area contributed by atoms with Gasteiger partial charge >= 0.3 is 6.18 Å². The van der Waals surface area contributed by atoms with E-state index in [2.05, 4.69) is 4.72 Å². The third-order valence-corrected chi connectivity index (χ3v) is 8.31. The van der Waals surface area contributed by atoms with Gasteiger partial charge in [0.1, 0.15) is 11.6 Å². The largest absolute Gasteiger partial charge is 0.496 e. The Morgan fingerprint density at radius 3 is 2.47 bits per heavy atom. The Morgan fingerprint density at radius 1 is 1.11 bits per heavy atom. The number of halogens is 5. The van der Waals surface area contributed by atoms with Crippen molar-refractivity contribution in [2.24, 2.45) is 0 Å². The number of hydrogen-bond donors (Lipinski definition) is 1. The molecule has 0 aromatic heterocycles. The van der Waals surface area contributed by atoms with E-state index < -0.39 is 45.6 Å². The van der Waals surface area contributed by atoms with E-state index in [1.165, 1.54) is 31.3 Å². The normalized spacial score (nSPS) is 19.8. The number of nitrogens with one attached hydrogen (secondary N) is 1. The van der Waals surface area contributed by atoms with Gasteiger partial charge in [-0.2, -0.15) is 30.6 Å². The second-order valence-electron chi connectivity index (χ2n) is 8.87. The number of nitrogens with zero attached hydrogens (tertiary/aromatic N) is 1. The Bertz CT molecular complexity index is 1480. The highest BCUT2D eigenvalue weighted by molar-refractivity contribution is 7.87. The SMILES string of the molecule is COc1ccc(-c2cccc(C3CC(C(=O)Cc4ccc(F)c(Cl)c4)N(C)S(=O)(=O)N3)c2)cc1C(F)(F)F. The number of carbonyl (C=O) groups is 1. The summed E-state index contributed by atoms with van der Waals surface area (Å²) < 4.78 is 88.1. The lowest BCUT2D eigenvalue weighted by molar-refractivity contribution is -0.138. The molecule has 1 N–H and O–H groups in total. The Labute approximate surface area is 222 Å². The molecule has 0 radical (unpaired) electrons. The Balaban J connectivity index is 1.63. The van der Waals surface area contributed by atoms with Gasteiger partial charge in [0.25, 0.3) is 10.2 Å². The van der Waals surface area contributed by atoms with E-state index in [1.807, 2.05) is 0 Å². The number of rotatable bonds is 6. The van der Waals surface area contributed by atoms with Crippen molar-refractivity contribution in [1.82, 2.24) is 9.03 Å². The molecule has 3 aromatic carbocycles. The van der Waals surface area contributed by atoms with Crippen molar-refractivity contribution in [1.29, 1.82) is 0 Å². The molecule has 6 nitrogen and oxygen atoms in total. The van der Waals surface area contributed by atoms with E-state index in [0.29, 0.717) is 16.7 Å². The first kappa shape index (κ1) is 28.0. The van der Waals surface area contributed by atoms with Gasteiger partial charge in [-0.15, -0.1) is 0 Å². The first-order valence-corrected chi connectivity index (χ1v) is 13.2. The molecule has 1 heterocycles. The maximum Gasteiger partial charge on any atom is 0.419 e. The van der Waals surface area contributed by atoms with Crippen LogP contribution >= 0.6 is 11.6 Å². The first-order valence-electron chi connectivity index (χ1n) is 11.4. The fraction of sp³-hybridized carbons (Fsp3) is 0.269. The molecule has 1 fully saturated rings. The van der Waals surface area contributed by atoms with E-state index in [0.717, 1.165) is 23.5 Å². The Hall–Kier alpha value is -2.99. The molecule has 1 aliphatic heterocycles. The van der Waals surface area contributed by atoms with Crippen molar-refractivity contribution in [2.45, 2.75) is 31.1 Å². The number of alkyl halides is 3. The maximum atomic E-state index is 13.5. The summed E-state index contributed by atoms with van der Waals surface area (Å²) >= 11 is 5.81. The minimum atomic E-state index is -4.63. The maximum absolute atomic E-state index is 13.5. The van der Waals surface area contributed by atoms with Crippen LogP contribution in [0.3, 0.4) is 0 Å². The number of methoxy groups -OCH3 is 1. The molecular formula is C26H23ClF4N2O4S. The molecule has 4 rings (SSSR count). The molecule has 1 aliphatic rings. The third-order valence-electron chi connectivity index (χ3n) is 6.43.